The lowest BCUT2D eigenvalue weighted by Crippen LogP contribution is -2.28. The second-order valence-electron chi connectivity index (χ2n) is 4.75. The zero-order valence-corrected chi connectivity index (χ0v) is 12.3. The van der Waals surface area contributed by atoms with Crippen LogP contribution in [0.2, 0.25) is 5.02 Å². The minimum Gasteiger partial charge on any atom is -0.347 e. The molecule has 0 aliphatic heterocycles. The molecule has 0 aliphatic rings. The van der Waals surface area contributed by atoms with Crippen molar-refractivity contribution in [3.8, 4) is 0 Å². The summed E-state index contributed by atoms with van der Waals surface area (Å²) in [6, 6.07) is -0.258. The van der Waals surface area contributed by atoms with Gasteiger partial charge in [0.15, 0.2) is 0 Å². The van der Waals surface area contributed by atoms with Crippen LogP contribution < -0.4 is 5.32 Å². The Balaban J connectivity index is 2.18. The highest BCUT2D eigenvalue weighted by Crippen LogP contribution is 2.17. The van der Waals surface area contributed by atoms with Crippen molar-refractivity contribution in [1.82, 2.24) is 25.3 Å². The van der Waals surface area contributed by atoms with E-state index in [9.17, 15) is 4.79 Å². The number of nitrogens with zero attached hydrogens (tertiary/aromatic N) is 3. The van der Waals surface area contributed by atoms with Crippen LogP contribution in [0.4, 0.5) is 0 Å². The molecule has 6 nitrogen and oxygen atoms in total. The first-order chi connectivity index (χ1) is 9.49. The molecule has 2 aromatic heterocycles. The minimum atomic E-state index is -0.344. The second-order valence-corrected chi connectivity index (χ2v) is 5.16. The van der Waals surface area contributed by atoms with Gasteiger partial charge in [-0.2, -0.15) is 0 Å². The van der Waals surface area contributed by atoms with Crippen LogP contribution in [0.1, 0.15) is 54.9 Å². The maximum Gasteiger partial charge on any atom is 0.272 e. The van der Waals surface area contributed by atoms with Crippen LogP contribution in [0.3, 0.4) is 0 Å². The van der Waals surface area contributed by atoms with Gasteiger partial charge in [0, 0.05) is 18.3 Å². The molecule has 0 radical (unpaired) electrons. The second kappa shape index (κ2) is 6.00. The molecule has 106 valence electrons. The maximum absolute atomic E-state index is 12.2. The fourth-order valence-corrected chi connectivity index (χ4v) is 1.84. The van der Waals surface area contributed by atoms with Gasteiger partial charge in [0.05, 0.1) is 17.3 Å². The first-order valence-corrected chi connectivity index (χ1v) is 6.69. The molecule has 0 aromatic carbocycles. The highest BCUT2D eigenvalue weighted by molar-refractivity contribution is 6.33. The van der Waals surface area contributed by atoms with Crippen LogP contribution in [-0.2, 0) is 0 Å². The van der Waals surface area contributed by atoms with Crippen molar-refractivity contribution >= 4 is 17.5 Å². The van der Waals surface area contributed by atoms with Crippen LogP contribution >= 0.6 is 11.6 Å². The Morgan fingerprint density at radius 3 is 2.70 bits per heavy atom. The Morgan fingerprint density at radius 2 is 2.10 bits per heavy atom. The number of aromatic nitrogens is 4. The minimum absolute atomic E-state index is 0.126. The van der Waals surface area contributed by atoms with Crippen LogP contribution in [0.25, 0.3) is 0 Å². The van der Waals surface area contributed by atoms with E-state index in [1.807, 2.05) is 20.8 Å². The van der Waals surface area contributed by atoms with Crippen molar-refractivity contribution in [3.05, 3.63) is 41.0 Å². The average molecular weight is 294 g/mol. The van der Waals surface area contributed by atoms with Crippen molar-refractivity contribution in [2.45, 2.75) is 32.7 Å². The van der Waals surface area contributed by atoms with Gasteiger partial charge < -0.3 is 10.3 Å². The van der Waals surface area contributed by atoms with E-state index < -0.39 is 0 Å². The fraction of sp³-hybridized carbons (Fsp3) is 0.385. The lowest BCUT2D eigenvalue weighted by Gasteiger charge is -2.12. The molecule has 20 heavy (non-hydrogen) atoms. The van der Waals surface area contributed by atoms with Crippen molar-refractivity contribution < 1.29 is 4.79 Å². The van der Waals surface area contributed by atoms with Crippen LogP contribution in [0.5, 0.6) is 0 Å². The van der Waals surface area contributed by atoms with Crippen LogP contribution in [0, 0.1) is 0 Å². The highest BCUT2D eigenvalue weighted by atomic mass is 35.5. The number of carbonyl (C=O) groups is 1. The van der Waals surface area contributed by atoms with E-state index >= 15 is 0 Å². The number of H-pyrrole nitrogens is 1. The summed E-state index contributed by atoms with van der Waals surface area (Å²) in [6.45, 7) is 5.74. The molecule has 1 atom stereocenters. The van der Waals surface area contributed by atoms with Gasteiger partial charge in [-0.15, -0.1) is 0 Å². The van der Waals surface area contributed by atoms with E-state index in [1.165, 1.54) is 6.20 Å². The quantitative estimate of drug-likeness (QED) is 0.907. The SMILES string of the molecule is CC(C)c1ncc(Cl)c(C(=O)NC(C)c2ncc[nH]2)n1. The predicted molar refractivity (Wildman–Crippen MR) is 75.6 cm³/mol. The molecule has 0 saturated heterocycles. The number of rotatable bonds is 4. The third-order valence-electron chi connectivity index (χ3n) is 2.77. The number of imidazole rings is 1. The summed E-state index contributed by atoms with van der Waals surface area (Å²) in [5.41, 5.74) is 0.184. The molecule has 0 saturated carbocycles. The van der Waals surface area contributed by atoms with Crippen molar-refractivity contribution in [2.24, 2.45) is 0 Å². The summed E-state index contributed by atoms with van der Waals surface area (Å²) in [5, 5.41) is 3.03. The predicted octanol–water partition coefficient (Wildman–Crippen LogP) is 2.47. The van der Waals surface area contributed by atoms with Gasteiger partial charge in [-0.25, -0.2) is 15.0 Å². The molecule has 2 heterocycles. The Morgan fingerprint density at radius 1 is 1.35 bits per heavy atom. The van der Waals surface area contributed by atoms with Gasteiger partial charge in [0.2, 0.25) is 0 Å². The smallest absolute Gasteiger partial charge is 0.272 e. The van der Waals surface area contributed by atoms with E-state index in [4.69, 9.17) is 11.6 Å². The lowest BCUT2D eigenvalue weighted by molar-refractivity contribution is 0.0933. The van der Waals surface area contributed by atoms with Gasteiger partial charge in [0.1, 0.15) is 17.3 Å². The first kappa shape index (κ1) is 14.5. The molecular formula is C13H16ClN5O. The van der Waals surface area contributed by atoms with Gasteiger partial charge >= 0.3 is 0 Å². The topological polar surface area (TPSA) is 83.6 Å². The lowest BCUT2D eigenvalue weighted by atomic mass is 10.2. The molecule has 2 rings (SSSR count). The third kappa shape index (κ3) is 3.14. The normalized spacial score (nSPS) is 12.4. The van der Waals surface area contributed by atoms with Crippen molar-refractivity contribution in [2.75, 3.05) is 0 Å². The van der Waals surface area contributed by atoms with E-state index in [2.05, 4.69) is 25.3 Å². The summed E-state index contributed by atoms with van der Waals surface area (Å²) in [4.78, 5) is 27.6. The number of nitrogens with one attached hydrogen (secondary N) is 2. The van der Waals surface area contributed by atoms with Crippen molar-refractivity contribution in [1.29, 1.82) is 0 Å². The molecule has 0 aliphatic carbocycles. The number of amides is 1. The molecule has 2 N–H and O–H groups in total. The summed E-state index contributed by atoms with van der Waals surface area (Å²) >= 11 is 5.99. The van der Waals surface area contributed by atoms with E-state index in [0.717, 1.165) is 0 Å². The van der Waals surface area contributed by atoms with Gasteiger partial charge in [-0.3, -0.25) is 4.79 Å². The standard InChI is InChI=1S/C13H16ClN5O/c1-7(2)11-17-6-9(14)10(19-11)13(20)18-8(3)12-15-4-5-16-12/h4-8H,1-3H3,(H,15,16)(H,18,20). The number of carbonyl (C=O) groups excluding carboxylic acids is 1. The third-order valence-corrected chi connectivity index (χ3v) is 3.05. The van der Waals surface area contributed by atoms with Gasteiger partial charge in [-0.1, -0.05) is 25.4 Å². The molecule has 1 unspecified atom stereocenters. The van der Waals surface area contributed by atoms with Gasteiger partial charge in [-0.05, 0) is 6.92 Å². The largest absolute Gasteiger partial charge is 0.347 e. The molecule has 1 amide bonds. The van der Waals surface area contributed by atoms with E-state index in [0.29, 0.717) is 11.6 Å². The number of hydrogen-bond donors (Lipinski definition) is 2. The Bertz CT molecular complexity index is 597. The summed E-state index contributed by atoms with van der Waals surface area (Å²) in [7, 11) is 0. The summed E-state index contributed by atoms with van der Waals surface area (Å²) in [6.07, 6.45) is 4.79. The first-order valence-electron chi connectivity index (χ1n) is 6.31. The molecule has 2 aromatic rings. The molecule has 0 fully saturated rings. The van der Waals surface area contributed by atoms with Crippen LogP contribution in [-0.4, -0.2) is 25.8 Å². The number of hydrogen-bond acceptors (Lipinski definition) is 4. The Kier molecular flexibility index (Phi) is 4.34. The van der Waals surface area contributed by atoms with E-state index in [1.54, 1.807) is 12.4 Å². The van der Waals surface area contributed by atoms with Gasteiger partial charge in [0.25, 0.3) is 5.91 Å². The molecule has 0 bridgehead atoms. The van der Waals surface area contributed by atoms with Crippen molar-refractivity contribution in [3.63, 3.8) is 0 Å². The van der Waals surface area contributed by atoms with Crippen LogP contribution in [0.15, 0.2) is 18.6 Å². The highest BCUT2D eigenvalue weighted by Gasteiger charge is 2.18. The van der Waals surface area contributed by atoms with E-state index in [-0.39, 0.29) is 28.6 Å². The number of halogens is 1. The molecular weight excluding hydrogens is 278 g/mol. The molecule has 7 heteroatoms. The zero-order chi connectivity index (χ0) is 14.7. The molecule has 0 spiro atoms. The Hall–Kier alpha value is -1.95. The monoisotopic (exact) mass is 293 g/mol. The summed E-state index contributed by atoms with van der Waals surface area (Å²) < 4.78 is 0. The zero-order valence-electron chi connectivity index (χ0n) is 11.5. The number of aromatic amines is 1. The summed E-state index contributed by atoms with van der Waals surface area (Å²) in [5.74, 6) is 1.04. The fourth-order valence-electron chi connectivity index (χ4n) is 1.67. The Labute approximate surface area is 122 Å². The average Bonchev–Trinajstić information content (AvgIpc) is 2.92. The maximum atomic E-state index is 12.2.